The Morgan fingerprint density at radius 1 is 1.27 bits per heavy atom. The number of carbonyl (C=O) groups excluding carboxylic acids is 1. The van der Waals surface area contributed by atoms with Gasteiger partial charge >= 0.3 is 0 Å². The molecule has 1 amide bonds. The molecule has 1 fully saturated rings. The molecule has 1 aromatic rings. The van der Waals surface area contributed by atoms with Crippen LogP contribution in [0.15, 0.2) is 24.3 Å². The van der Waals surface area contributed by atoms with Crippen LogP contribution in [0.1, 0.15) is 51.5 Å². The van der Waals surface area contributed by atoms with Crippen molar-refractivity contribution in [1.82, 2.24) is 5.32 Å². The highest BCUT2D eigenvalue weighted by Gasteiger charge is 2.46. The summed E-state index contributed by atoms with van der Waals surface area (Å²) in [6.07, 6.45) is 4.26. The normalized spacial score (nSPS) is 16.9. The predicted molar refractivity (Wildman–Crippen MR) is 85.0 cm³/mol. The monoisotopic (exact) mass is 307 g/mol. The zero-order valence-corrected chi connectivity index (χ0v) is 13.5. The zero-order chi connectivity index (χ0) is 16.2. The molecule has 0 aliphatic heterocycles. The minimum Gasteiger partial charge on any atom is -0.396 e. The largest absolute Gasteiger partial charge is 0.396 e. The molecule has 0 bridgehead atoms. The Bertz CT molecular complexity index is 496. The molecule has 0 spiro atoms. The van der Waals surface area contributed by atoms with Crippen LogP contribution in [0.25, 0.3) is 0 Å². The topological polar surface area (TPSA) is 49.3 Å². The predicted octanol–water partition coefficient (Wildman–Crippen LogP) is 3.16. The van der Waals surface area contributed by atoms with Crippen LogP contribution in [0, 0.1) is 11.2 Å². The molecule has 1 saturated carbocycles. The third-order valence-corrected chi connectivity index (χ3v) is 5.50. The molecule has 1 aliphatic carbocycles. The smallest absolute Gasteiger partial charge is 0.230 e. The SMILES string of the molecule is CCC(CC)(CO)CNC(=O)C1(c2ccc(F)cc2)CCC1. The Labute approximate surface area is 131 Å². The molecule has 1 aliphatic rings. The number of rotatable bonds is 7. The summed E-state index contributed by atoms with van der Waals surface area (Å²) in [6, 6.07) is 6.26. The maximum absolute atomic E-state index is 13.1. The van der Waals surface area contributed by atoms with E-state index in [1.54, 1.807) is 12.1 Å². The second-order valence-electron chi connectivity index (χ2n) is 6.49. The number of nitrogens with one attached hydrogen (secondary N) is 1. The van der Waals surface area contributed by atoms with Gasteiger partial charge in [-0.2, -0.15) is 0 Å². The van der Waals surface area contributed by atoms with E-state index in [2.05, 4.69) is 5.32 Å². The number of benzene rings is 1. The summed E-state index contributed by atoms with van der Waals surface area (Å²) in [6.45, 7) is 4.62. The lowest BCUT2D eigenvalue weighted by Gasteiger charge is -2.42. The first-order chi connectivity index (χ1) is 10.5. The molecule has 3 nitrogen and oxygen atoms in total. The molecule has 2 N–H and O–H groups in total. The molecule has 0 unspecified atom stereocenters. The molecule has 1 aromatic carbocycles. The average Bonchev–Trinajstić information content (AvgIpc) is 2.50. The van der Waals surface area contributed by atoms with Crippen LogP contribution in [0.2, 0.25) is 0 Å². The second-order valence-corrected chi connectivity index (χ2v) is 6.49. The van der Waals surface area contributed by atoms with Crippen molar-refractivity contribution < 1.29 is 14.3 Å². The number of aliphatic hydroxyl groups is 1. The van der Waals surface area contributed by atoms with Crippen molar-refractivity contribution in [1.29, 1.82) is 0 Å². The van der Waals surface area contributed by atoms with Crippen LogP contribution in [-0.2, 0) is 10.2 Å². The fourth-order valence-corrected chi connectivity index (χ4v) is 3.16. The van der Waals surface area contributed by atoms with Crippen LogP contribution in [-0.4, -0.2) is 24.2 Å². The van der Waals surface area contributed by atoms with Gasteiger partial charge < -0.3 is 10.4 Å². The molecular formula is C18H26FNO2. The summed E-state index contributed by atoms with van der Waals surface area (Å²) in [7, 11) is 0. The van der Waals surface area contributed by atoms with Gasteiger partial charge in [-0.1, -0.05) is 32.4 Å². The minimum atomic E-state index is -0.517. The number of aliphatic hydroxyl groups excluding tert-OH is 1. The molecule has 0 radical (unpaired) electrons. The first-order valence-corrected chi connectivity index (χ1v) is 8.17. The van der Waals surface area contributed by atoms with Crippen molar-refractivity contribution in [2.45, 2.75) is 51.4 Å². The van der Waals surface area contributed by atoms with Gasteiger partial charge in [0.25, 0.3) is 0 Å². The van der Waals surface area contributed by atoms with Crippen LogP contribution < -0.4 is 5.32 Å². The average molecular weight is 307 g/mol. The second kappa shape index (κ2) is 6.78. The third-order valence-electron chi connectivity index (χ3n) is 5.50. The molecular weight excluding hydrogens is 281 g/mol. The molecule has 0 atom stereocenters. The van der Waals surface area contributed by atoms with Crippen LogP contribution in [0.4, 0.5) is 4.39 Å². The maximum atomic E-state index is 13.1. The highest BCUT2D eigenvalue weighted by atomic mass is 19.1. The number of amides is 1. The molecule has 4 heteroatoms. The van der Waals surface area contributed by atoms with E-state index < -0.39 is 5.41 Å². The molecule has 0 heterocycles. The Kier molecular flexibility index (Phi) is 5.22. The van der Waals surface area contributed by atoms with E-state index in [1.165, 1.54) is 12.1 Å². The molecule has 22 heavy (non-hydrogen) atoms. The van der Waals surface area contributed by atoms with Gasteiger partial charge in [0, 0.05) is 12.0 Å². The van der Waals surface area contributed by atoms with E-state index in [0.29, 0.717) is 6.54 Å². The van der Waals surface area contributed by atoms with E-state index in [4.69, 9.17) is 0 Å². The molecule has 2 rings (SSSR count). The van der Waals surface area contributed by atoms with Gasteiger partial charge in [-0.05, 0) is 43.4 Å². The van der Waals surface area contributed by atoms with Crippen molar-refractivity contribution in [3.63, 3.8) is 0 Å². The number of carbonyl (C=O) groups is 1. The fraction of sp³-hybridized carbons (Fsp3) is 0.611. The Morgan fingerprint density at radius 2 is 1.86 bits per heavy atom. The highest BCUT2D eigenvalue weighted by Crippen LogP contribution is 2.44. The van der Waals surface area contributed by atoms with Crippen molar-refractivity contribution in [3.05, 3.63) is 35.6 Å². The lowest BCUT2D eigenvalue weighted by atomic mass is 9.63. The molecule has 122 valence electrons. The van der Waals surface area contributed by atoms with Crippen LogP contribution in [0.5, 0.6) is 0 Å². The Morgan fingerprint density at radius 3 is 2.27 bits per heavy atom. The van der Waals surface area contributed by atoms with Crippen molar-refractivity contribution in [3.8, 4) is 0 Å². The van der Waals surface area contributed by atoms with E-state index >= 15 is 0 Å². The standard InChI is InChI=1S/C18H26FNO2/c1-3-17(4-2,13-21)12-20-16(22)18(10-5-11-18)14-6-8-15(19)9-7-14/h6-9,21H,3-5,10-13H2,1-2H3,(H,20,22). The van der Waals surface area contributed by atoms with Crippen molar-refractivity contribution in [2.24, 2.45) is 5.41 Å². The van der Waals surface area contributed by atoms with Gasteiger partial charge in [0.2, 0.25) is 5.91 Å². The fourth-order valence-electron chi connectivity index (χ4n) is 3.16. The highest BCUT2D eigenvalue weighted by molar-refractivity contribution is 5.89. The minimum absolute atomic E-state index is 0.00471. The van der Waals surface area contributed by atoms with E-state index in [-0.39, 0.29) is 23.7 Å². The lowest BCUT2D eigenvalue weighted by Crippen LogP contribution is -2.52. The zero-order valence-electron chi connectivity index (χ0n) is 13.5. The lowest BCUT2D eigenvalue weighted by molar-refractivity contribution is -0.130. The summed E-state index contributed by atoms with van der Waals surface area (Å²) in [5, 5.41) is 12.7. The summed E-state index contributed by atoms with van der Waals surface area (Å²) in [4.78, 5) is 12.7. The van der Waals surface area contributed by atoms with Gasteiger partial charge in [0.1, 0.15) is 5.82 Å². The summed E-state index contributed by atoms with van der Waals surface area (Å²) in [5.41, 5.74) is 0.125. The van der Waals surface area contributed by atoms with Gasteiger partial charge in [-0.25, -0.2) is 4.39 Å². The van der Waals surface area contributed by atoms with E-state index in [1.807, 2.05) is 13.8 Å². The summed E-state index contributed by atoms with van der Waals surface area (Å²) < 4.78 is 13.1. The third kappa shape index (κ3) is 3.02. The van der Waals surface area contributed by atoms with E-state index in [0.717, 1.165) is 37.7 Å². The maximum Gasteiger partial charge on any atom is 0.230 e. The number of hydrogen-bond donors (Lipinski definition) is 2. The van der Waals surface area contributed by atoms with Gasteiger partial charge in [-0.15, -0.1) is 0 Å². The quantitative estimate of drug-likeness (QED) is 0.813. The van der Waals surface area contributed by atoms with Gasteiger partial charge in [-0.3, -0.25) is 4.79 Å². The van der Waals surface area contributed by atoms with Crippen molar-refractivity contribution in [2.75, 3.05) is 13.2 Å². The van der Waals surface area contributed by atoms with Crippen LogP contribution in [0.3, 0.4) is 0 Å². The van der Waals surface area contributed by atoms with Crippen LogP contribution >= 0.6 is 0 Å². The van der Waals surface area contributed by atoms with Gasteiger partial charge in [0.05, 0.1) is 12.0 Å². The Balaban J connectivity index is 2.11. The summed E-state index contributed by atoms with van der Waals surface area (Å²) >= 11 is 0. The Hall–Kier alpha value is -1.42. The van der Waals surface area contributed by atoms with Crippen molar-refractivity contribution >= 4 is 5.91 Å². The van der Waals surface area contributed by atoms with E-state index in [9.17, 15) is 14.3 Å². The molecule has 0 aromatic heterocycles. The first kappa shape index (κ1) is 16.9. The first-order valence-electron chi connectivity index (χ1n) is 8.17. The summed E-state index contributed by atoms with van der Waals surface area (Å²) in [5.74, 6) is -0.278. The van der Waals surface area contributed by atoms with Gasteiger partial charge in [0.15, 0.2) is 0 Å². The molecule has 0 saturated heterocycles. The number of halogens is 1. The number of hydrogen-bond acceptors (Lipinski definition) is 2.